The van der Waals surface area contributed by atoms with E-state index in [-0.39, 0.29) is 5.56 Å². The summed E-state index contributed by atoms with van der Waals surface area (Å²) in [7, 11) is 0. The van der Waals surface area contributed by atoms with Crippen LogP contribution in [0, 0.1) is 0 Å². The van der Waals surface area contributed by atoms with Crippen molar-refractivity contribution in [1.29, 1.82) is 0 Å². The molecule has 5 nitrogen and oxygen atoms in total. The highest BCUT2D eigenvalue weighted by atomic mass is 35.5. The average Bonchev–Trinajstić information content (AvgIpc) is 2.45. The van der Waals surface area contributed by atoms with Gasteiger partial charge in [0.15, 0.2) is 0 Å². The van der Waals surface area contributed by atoms with Gasteiger partial charge < -0.3 is 15.5 Å². The molecule has 0 spiro atoms. The molecule has 0 atom stereocenters. The highest BCUT2D eigenvalue weighted by Gasteiger charge is 2.02. The number of nitrogens with two attached hydrogens (primary N) is 1. The molecule has 0 aliphatic heterocycles. The minimum absolute atomic E-state index is 0.144. The highest BCUT2D eigenvalue weighted by molar-refractivity contribution is 6.30. The summed E-state index contributed by atoms with van der Waals surface area (Å²) < 4.78 is 5.59. The molecule has 112 valence electrons. The maximum Gasteiger partial charge on any atom is 0.251 e. The van der Waals surface area contributed by atoms with E-state index in [9.17, 15) is 4.79 Å². The number of aryl methyl sites for hydroxylation is 1. The molecule has 0 saturated carbocycles. The molecule has 0 aliphatic rings. The van der Waals surface area contributed by atoms with Crippen molar-refractivity contribution in [3.63, 3.8) is 0 Å². The van der Waals surface area contributed by atoms with Crippen molar-refractivity contribution < 1.29 is 4.74 Å². The first-order valence-corrected chi connectivity index (χ1v) is 7.23. The van der Waals surface area contributed by atoms with E-state index < -0.39 is 0 Å². The van der Waals surface area contributed by atoms with Crippen LogP contribution in [0.15, 0.2) is 35.1 Å². The number of hydrogen-bond acceptors (Lipinski definition) is 4. The Hall–Kier alpha value is -1.85. The van der Waals surface area contributed by atoms with Gasteiger partial charge in [0.25, 0.3) is 5.56 Å². The van der Waals surface area contributed by atoms with Crippen LogP contribution in [0.1, 0.15) is 17.9 Å². The van der Waals surface area contributed by atoms with Gasteiger partial charge in [-0.25, -0.2) is 4.98 Å². The van der Waals surface area contributed by atoms with Crippen LogP contribution >= 0.6 is 11.6 Å². The van der Waals surface area contributed by atoms with E-state index in [1.165, 1.54) is 6.07 Å². The molecule has 0 amide bonds. The first kappa shape index (κ1) is 15.5. The fraction of sp³-hybridized carbons (Fsp3) is 0.333. The number of rotatable bonds is 7. The van der Waals surface area contributed by atoms with E-state index in [2.05, 4.69) is 9.97 Å². The fourth-order valence-corrected chi connectivity index (χ4v) is 2.10. The molecule has 0 bridgehead atoms. The number of nitrogens with one attached hydrogen (secondary N) is 1. The van der Waals surface area contributed by atoms with Crippen molar-refractivity contribution in [3.8, 4) is 5.75 Å². The average molecular weight is 308 g/mol. The van der Waals surface area contributed by atoms with Gasteiger partial charge in [0.2, 0.25) is 0 Å². The molecule has 0 fully saturated rings. The summed E-state index contributed by atoms with van der Waals surface area (Å²) in [6.45, 7) is 1.01. The number of aromatic nitrogens is 2. The van der Waals surface area contributed by atoms with Gasteiger partial charge in [0.05, 0.1) is 6.61 Å². The van der Waals surface area contributed by atoms with Crippen LogP contribution < -0.4 is 16.0 Å². The van der Waals surface area contributed by atoms with E-state index in [1.54, 1.807) is 12.1 Å². The van der Waals surface area contributed by atoms with Crippen LogP contribution in [0.3, 0.4) is 0 Å². The zero-order chi connectivity index (χ0) is 15.1. The standard InChI is InChI=1S/C15H18ClN3O2/c16-11-3-1-5-13(9-11)21-8-6-14-18-12(4-2-7-17)10-15(20)19-14/h1,3,5,9-10H,2,4,6-8,17H2,(H,18,19,20). The summed E-state index contributed by atoms with van der Waals surface area (Å²) >= 11 is 5.88. The normalized spacial score (nSPS) is 10.6. The Labute approximate surface area is 128 Å². The zero-order valence-corrected chi connectivity index (χ0v) is 12.4. The van der Waals surface area contributed by atoms with Crippen molar-refractivity contribution in [2.75, 3.05) is 13.2 Å². The summed E-state index contributed by atoms with van der Waals surface area (Å²) in [5, 5.41) is 0.628. The maximum absolute atomic E-state index is 11.6. The minimum atomic E-state index is -0.144. The predicted molar refractivity (Wildman–Crippen MR) is 82.9 cm³/mol. The second-order valence-electron chi connectivity index (χ2n) is 4.63. The molecule has 1 aromatic carbocycles. The molecular formula is C15H18ClN3O2. The van der Waals surface area contributed by atoms with E-state index in [0.717, 1.165) is 12.1 Å². The van der Waals surface area contributed by atoms with Gasteiger partial charge in [-0.3, -0.25) is 4.79 Å². The van der Waals surface area contributed by atoms with Crippen molar-refractivity contribution in [1.82, 2.24) is 9.97 Å². The Morgan fingerprint density at radius 1 is 1.29 bits per heavy atom. The Morgan fingerprint density at radius 3 is 2.90 bits per heavy atom. The molecule has 2 rings (SSSR count). The SMILES string of the molecule is NCCCc1cc(=O)[nH]c(CCOc2cccc(Cl)c2)n1. The fourth-order valence-electron chi connectivity index (χ4n) is 1.92. The molecule has 1 aromatic heterocycles. The van der Waals surface area contributed by atoms with Gasteiger partial charge in [-0.1, -0.05) is 17.7 Å². The summed E-state index contributed by atoms with van der Waals surface area (Å²) in [5.74, 6) is 1.32. The molecule has 3 N–H and O–H groups in total. The van der Waals surface area contributed by atoms with Crippen LogP contribution in [0.5, 0.6) is 5.75 Å². The van der Waals surface area contributed by atoms with Gasteiger partial charge in [-0.15, -0.1) is 0 Å². The Morgan fingerprint density at radius 2 is 2.14 bits per heavy atom. The number of ether oxygens (including phenoxy) is 1. The summed E-state index contributed by atoms with van der Waals surface area (Å²) in [5.41, 5.74) is 6.09. The van der Waals surface area contributed by atoms with Crippen molar-refractivity contribution in [3.05, 3.63) is 57.2 Å². The third kappa shape index (κ3) is 5.21. The van der Waals surface area contributed by atoms with Gasteiger partial charge in [-0.05, 0) is 37.6 Å². The Kier molecular flexibility index (Phi) is 5.78. The molecule has 2 aromatic rings. The summed E-state index contributed by atoms with van der Waals surface area (Å²) in [6, 6.07) is 8.70. The van der Waals surface area contributed by atoms with Crippen LogP contribution in [0.2, 0.25) is 5.02 Å². The number of aromatic amines is 1. The van der Waals surface area contributed by atoms with E-state index in [1.807, 2.05) is 12.1 Å². The topological polar surface area (TPSA) is 81.0 Å². The molecule has 0 radical (unpaired) electrons. The molecule has 6 heteroatoms. The van der Waals surface area contributed by atoms with Crippen molar-refractivity contribution in [2.45, 2.75) is 19.3 Å². The number of hydrogen-bond donors (Lipinski definition) is 2. The molecule has 0 aliphatic carbocycles. The van der Waals surface area contributed by atoms with Gasteiger partial charge in [-0.2, -0.15) is 0 Å². The quantitative estimate of drug-likeness (QED) is 0.819. The molecule has 0 saturated heterocycles. The summed E-state index contributed by atoms with van der Waals surface area (Å²) in [4.78, 5) is 18.7. The van der Waals surface area contributed by atoms with Crippen LogP contribution in [-0.4, -0.2) is 23.1 Å². The number of nitrogens with zero attached hydrogens (tertiary/aromatic N) is 1. The Balaban J connectivity index is 1.93. The van der Waals surface area contributed by atoms with E-state index in [0.29, 0.717) is 42.6 Å². The first-order chi connectivity index (χ1) is 10.2. The lowest BCUT2D eigenvalue weighted by molar-refractivity contribution is 0.318. The predicted octanol–water partition coefficient (Wildman–Crippen LogP) is 1.94. The second-order valence-corrected chi connectivity index (χ2v) is 5.07. The summed E-state index contributed by atoms with van der Waals surface area (Å²) in [6.07, 6.45) is 2.05. The molecule has 21 heavy (non-hydrogen) atoms. The lowest BCUT2D eigenvalue weighted by atomic mass is 10.2. The molecule has 0 unspecified atom stereocenters. The first-order valence-electron chi connectivity index (χ1n) is 6.85. The van der Waals surface area contributed by atoms with E-state index >= 15 is 0 Å². The monoisotopic (exact) mass is 307 g/mol. The van der Waals surface area contributed by atoms with E-state index in [4.69, 9.17) is 22.1 Å². The number of H-pyrrole nitrogens is 1. The largest absolute Gasteiger partial charge is 0.493 e. The van der Waals surface area contributed by atoms with Gasteiger partial charge >= 0.3 is 0 Å². The third-order valence-electron chi connectivity index (χ3n) is 2.88. The number of halogens is 1. The van der Waals surface area contributed by atoms with Crippen molar-refractivity contribution in [2.24, 2.45) is 5.73 Å². The molecule has 1 heterocycles. The lowest BCUT2D eigenvalue weighted by Crippen LogP contribution is -2.15. The van der Waals surface area contributed by atoms with Crippen molar-refractivity contribution >= 4 is 11.6 Å². The number of benzene rings is 1. The highest BCUT2D eigenvalue weighted by Crippen LogP contribution is 2.17. The minimum Gasteiger partial charge on any atom is -0.493 e. The van der Waals surface area contributed by atoms with Crippen LogP contribution in [-0.2, 0) is 12.8 Å². The van der Waals surface area contributed by atoms with Gasteiger partial charge in [0, 0.05) is 23.2 Å². The Bertz CT molecular complexity index is 643. The lowest BCUT2D eigenvalue weighted by Gasteiger charge is -2.07. The van der Waals surface area contributed by atoms with Crippen LogP contribution in [0.4, 0.5) is 0 Å². The third-order valence-corrected chi connectivity index (χ3v) is 3.12. The van der Waals surface area contributed by atoms with Crippen LogP contribution in [0.25, 0.3) is 0 Å². The van der Waals surface area contributed by atoms with Gasteiger partial charge in [0.1, 0.15) is 11.6 Å². The smallest absolute Gasteiger partial charge is 0.251 e. The second kappa shape index (κ2) is 7.81. The molecular weight excluding hydrogens is 290 g/mol. The maximum atomic E-state index is 11.6. The zero-order valence-electron chi connectivity index (χ0n) is 11.6.